The molecule has 1 aromatic rings. The van der Waals surface area contributed by atoms with Gasteiger partial charge in [0, 0.05) is 30.8 Å². The van der Waals surface area contributed by atoms with E-state index in [1.807, 2.05) is 0 Å². The Bertz CT molecular complexity index is 379. The Morgan fingerprint density at radius 1 is 1.39 bits per heavy atom. The summed E-state index contributed by atoms with van der Waals surface area (Å²) in [6, 6.07) is 2.09. The molecule has 0 bridgehead atoms. The van der Waals surface area contributed by atoms with Crippen LogP contribution in [0.5, 0.6) is 0 Å². The lowest BCUT2D eigenvalue weighted by Gasteiger charge is -2.31. The lowest BCUT2D eigenvalue weighted by atomic mass is 9.99. The van der Waals surface area contributed by atoms with E-state index in [9.17, 15) is 5.11 Å². The molecule has 0 aliphatic carbocycles. The number of anilines is 1. The summed E-state index contributed by atoms with van der Waals surface area (Å²) in [7, 11) is 0. The van der Waals surface area contributed by atoms with E-state index >= 15 is 0 Å². The van der Waals surface area contributed by atoms with E-state index in [1.165, 1.54) is 0 Å². The van der Waals surface area contributed by atoms with Crippen LogP contribution in [0.3, 0.4) is 0 Å². The van der Waals surface area contributed by atoms with E-state index < -0.39 is 0 Å². The van der Waals surface area contributed by atoms with Gasteiger partial charge in [-0.25, -0.2) is 9.97 Å². The number of aliphatic hydroxyl groups excluding tert-OH is 1. The fourth-order valence-electron chi connectivity index (χ4n) is 2.63. The normalized spacial score (nSPS) is 20.4. The highest BCUT2D eigenvalue weighted by atomic mass is 16.3. The van der Waals surface area contributed by atoms with Gasteiger partial charge in [-0.15, -0.1) is 0 Å². The van der Waals surface area contributed by atoms with E-state index in [1.54, 1.807) is 6.33 Å². The fourth-order valence-corrected chi connectivity index (χ4v) is 2.63. The predicted molar refractivity (Wildman–Crippen MR) is 72.8 cm³/mol. The number of piperidine rings is 1. The number of rotatable bonds is 4. The van der Waals surface area contributed by atoms with Crippen molar-refractivity contribution in [1.82, 2.24) is 9.97 Å². The maximum absolute atomic E-state index is 9.73. The minimum absolute atomic E-state index is 0.217. The molecule has 0 radical (unpaired) electrons. The topological polar surface area (TPSA) is 49.2 Å². The molecule has 1 atom stereocenters. The summed E-state index contributed by atoms with van der Waals surface area (Å²) in [5.41, 5.74) is 1.13. The monoisotopic (exact) mass is 249 g/mol. The van der Waals surface area contributed by atoms with Crippen molar-refractivity contribution in [2.75, 3.05) is 18.0 Å². The Hall–Kier alpha value is -1.16. The van der Waals surface area contributed by atoms with E-state index in [0.29, 0.717) is 12.5 Å². The summed E-state index contributed by atoms with van der Waals surface area (Å²) in [6.45, 7) is 6.07. The van der Waals surface area contributed by atoms with Crippen LogP contribution < -0.4 is 4.90 Å². The second kappa shape index (κ2) is 6.14. The molecule has 2 heterocycles. The Balaban J connectivity index is 2.15. The maximum Gasteiger partial charge on any atom is 0.132 e. The largest absolute Gasteiger partial charge is 0.391 e. The van der Waals surface area contributed by atoms with Crippen molar-refractivity contribution in [1.29, 1.82) is 0 Å². The number of aliphatic hydroxyl groups is 1. The van der Waals surface area contributed by atoms with Crippen molar-refractivity contribution in [2.45, 2.75) is 51.6 Å². The first-order chi connectivity index (χ1) is 8.74. The van der Waals surface area contributed by atoms with Crippen molar-refractivity contribution >= 4 is 5.82 Å². The molecule has 1 aliphatic heterocycles. The van der Waals surface area contributed by atoms with E-state index in [-0.39, 0.29) is 6.10 Å². The summed E-state index contributed by atoms with van der Waals surface area (Å²) >= 11 is 0. The van der Waals surface area contributed by atoms with Crippen molar-refractivity contribution in [3.63, 3.8) is 0 Å². The molecule has 0 spiro atoms. The number of β-amino-alcohol motifs (C(OH)–C–C–N with tert-alkyl or cyclic N) is 1. The fraction of sp³-hybridized carbons (Fsp3) is 0.714. The van der Waals surface area contributed by atoms with E-state index in [0.717, 1.165) is 43.7 Å². The van der Waals surface area contributed by atoms with Crippen molar-refractivity contribution < 1.29 is 5.11 Å². The third-order valence-corrected chi connectivity index (χ3v) is 3.80. The summed E-state index contributed by atoms with van der Waals surface area (Å²) in [6.07, 6.45) is 5.59. The molecule has 1 saturated heterocycles. The molecule has 0 saturated carbocycles. The number of hydrogen-bond acceptors (Lipinski definition) is 4. The lowest BCUT2D eigenvalue weighted by molar-refractivity contribution is 0.154. The molecule has 100 valence electrons. The molecule has 1 fully saturated rings. The Morgan fingerprint density at radius 3 is 2.83 bits per heavy atom. The van der Waals surface area contributed by atoms with Crippen LogP contribution in [0.1, 0.15) is 51.1 Å². The Kier molecular flexibility index (Phi) is 4.53. The number of nitrogens with zero attached hydrogens (tertiary/aromatic N) is 3. The number of aromatic nitrogens is 2. The molecule has 2 rings (SSSR count). The maximum atomic E-state index is 9.73. The van der Waals surface area contributed by atoms with Crippen molar-refractivity contribution in [3.05, 3.63) is 18.1 Å². The minimum Gasteiger partial charge on any atom is -0.391 e. The first-order valence-electron chi connectivity index (χ1n) is 6.99. The Morgan fingerprint density at radius 2 is 2.17 bits per heavy atom. The first kappa shape index (κ1) is 13.3. The number of hydrogen-bond donors (Lipinski definition) is 1. The SMILES string of the molecule is CCC(CC)c1cc(N2CCCC(O)C2)ncn1. The average molecular weight is 249 g/mol. The molecule has 4 nitrogen and oxygen atoms in total. The zero-order chi connectivity index (χ0) is 13.0. The molecule has 1 unspecified atom stereocenters. The van der Waals surface area contributed by atoms with Gasteiger partial charge in [-0.2, -0.15) is 0 Å². The Labute approximate surface area is 109 Å². The molecule has 1 aliphatic rings. The highest BCUT2D eigenvalue weighted by molar-refractivity contribution is 5.40. The summed E-state index contributed by atoms with van der Waals surface area (Å²) in [5, 5.41) is 9.73. The van der Waals surface area contributed by atoms with Gasteiger partial charge in [0.2, 0.25) is 0 Å². The molecule has 0 amide bonds. The summed E-state index contributed by atoms with van der Waals surface area (Å²) in [5.74, 6) is 1.48. The van der Waals surface area contributed by atoms with Gasteiger partial charge in [-0.3, -0.25) is 0 Å². The molecule has 4 heteroatoms. The van der Waals surface area contributed by atoms with Crippen LogP contribution in [-0.2, 0) is 0 Å². The van der Waals surface area contributed by atoms with Gasteiger partial charge in [0.1, 0.15) is 12.1 Å². The van der Waals surface area contributed by atoms with Crippen molar-refractivity contribution in [2.24, 2.45) is 0 Å². The van der Waals surface area contributed by atoms with Crippen LogP contribution in [0.25, 0.3) is 0 Å². The van der Waals surface area contributed by atoms with Gasteiger partial charge < -0.3 is 10.0 Å². The first-order valence-corrected chi connectivity index (χ1v) is 6.99. The van der Waals surface area contributed by atoms with Crippen LogP contribution in [0, 0.1) is 0 Å². The van der Waals surface area contributed by atoms with E-state index in [2.05, 4.69) is 34.8 Å². The molecular weight excluding hydrogens is 226 g/mol. The van der Waals surface area contributed by atoms with Gasteiger partial charge in [-0.05, 0) is 25.7 Å². The smallest absolute Gasteiger partial charge is 0.132 e. The van der Waals surface area contributed by atoms with Gasteiger partial charge in [0.15, 0.2) is 0 Å². The third-order valence-electron chi connectivity index (χ3n) is 3.80. The summed E-state index contributed by atoms with van der Waals surface area (Å²) < 4.78 is 0. The standard InChI is InChI=1S/C14H23N3O/c1-3-11(4-2)13-8-14(16-10-15-13)17-7-5-6-12(18)9-17/h8,10-12,18H,3-7,9H2,1-2H3. The lowest BCUT2D eigenvalue weighted by Crippen LogP contribution is -2.38. The zero-order valence-corrected chi connectivity index (χ0v) is 11.3. The zero-order valence-electron chi connectivity index (χ0n) is 11.3. The van der Waals surface area contributed by atoms with Crippen LogP contribution in [-0.4, -0.2) is 34.3 Å². The highest BCUT2D eigenvalue weighted by Gasteiger charge is 2.20. The van der Waals surface area contributed by atoms with Gasteiger partial charge in [0.05, 0.1) is 6.10 Å². The quantitative estimate of drug-likeness (QED) is 0.890. The third kappa shape index (κ3) is 2.99. The minimum atomic E-state index is -0.217. The second-order valence-corrected chi connectivity index (χ2v) is 5.06. The van der Waals surface area contributed by atoms with E-state index in [4.69, 9.17) is 0 Å². The van der Waals surface area contributed by atoms with Crippen LogP contribution in [0.4, 0.5) is 5.82 Å². The predicted octanol–water partition coefficient (Wildman–Crippen LogP) is 2.34. The van der Waals surface area contributed by atoms with Gasteiger partial charge >= 0.3 is 0 Å². The van der Waals surface area contributed by atoms with Crippen LogP contribution >= 0.6 is 0 Å². The highest BCUT2D eigenvalue weighted by Crippen LogP contribution is 2.24. The second-order valence-electron chi connectivity index (χ2n) is 5.06. The van der Waals surface area contributed by atoms with Crippen molar-refractivity contribution in [3.8, 4) is 0 Å². The molecule has 18 heavy (non-hydrogen) atoms. The van der Waals surface area contributed by atoms with Crippen LogP contribution in [0.2, 0.25) is 0 Å². The summed E-state index contributed by atoms with van der Waals surface area (Å²) in [4.78, 5) is 10.9. The molecule has 0 aromatic carbocycles. The molecule has 1 aromatic heterocycles. The average Bonchev–Trinajstić information content (AvgIpc) is 2.41. The van der Waals surface area contributed by atoms with Gasteiger partial charge in [0.25, 0.3) is 0 Å². The molecule has 1 N–H and O–H groups in total. The molecular formula is C14H23N3O. The van der Waals surface area contributed by atoms with Gasteiger partial charge in [-0.1, -0.05) is 13.8 Å². The van der Waals surface area contributed by atoms with Crippen LogP contribution in [0.15, 0.2) is 12.4 Å².